The van der Waals surface area contributed by atoms with Gasteiger partial charge in [-0.2, -0.15) is 4.98 Å². The van der Waals surface area contributed by atoms with E-state index in [1.807, 2.05) is 24.3 Å². The van der Waals surface area contributed by atoms with Gasteiger partial charge in [-0.25, -0.2) is 13.8 Å². The Morgan fingerprint density at radius 2 is 2.14 bits per heavy atom. The Hall–Kier alpha value is -1.05. The predicted octanol–water partition coefficient (Wildman–Crippen LogP) is 4.42. The molecule has 2 fully saturated rings. The van der Waals surface area contributed by atoms with Gasteiger partial charge in [-0.3, -0.25) is 18.1 Å². The van der Waals surface area contributed by atoms with Crippen molar-refractivity contribution in [1.29, 1.82) is 0 Å². The van der Waals surface area contributed by atoms with Crippen LogP contribution < -0.4 is 11.4 Å². The maximum atomic E-state index is 15.5. The molecule has 0 radical (unpaired) electrons. The quantitative estimate of drug-likeness (QED) is 0.367. The van der Waals surface area contributed by atoms with E-state index >= 15 is 4.39 Å². The second-order valence-corrected chi connectivity index (χ2v) is 15.1. The van der Waals surface area contributed by atoms with Crippen LogP contribution in [0.3, 0.4) is 0 Å². The minimum atomic E-state index is -4.14. The van der Waals surface area contributed by atoms with Gasteiger partial charge in [-0.05, 0) is 24.1 Å². The minimum Gasteiger partial charge on any atom is -0.387 e. The second kappa shape index (κ2) is 10.4. The molecule has 1 aromatic heterocycles. The molecule has 3 heterocycles. The molecular weight excluding hydrogens is 536 g/mol. The molecule has 2 aliphatic rings. The number of halogens is 1. The molecule has 0 bridgehead atoms. The molecular formula is C21H27FN3O6PS3. The van der Waals surface area contributed by atoms with Gasteiger partial charge >= 0.3 is 13.5 Å². The number of thioether (sulfide) groups is 1. The molecule has 3 N–H and O–H groups in total. The molecule has 0 aliphatic carbocycles. The Balaban J connectivity index is 1.41. The normalized spacial score (nSPS) is 30.8. The molecule has 9 nitrogen and oxygen atoms in total. The highest BCUT2D eigenvalue weighted by molar-refractivity contribution is 8.77. The van der Waals surface area contributed by atoms with Gasteiger partial charge in [0.25, 0.3) is 0 Å². The largest absolute Gasteiger partial charge is 0.475 e. The molecule has 0 saturated carbocycles. The number of rotatable bonds is 7. The van der Waals surface area contributed by atoms with Crippen LogP contribution in [-0.2, 0) is 24.6 Å². The molecule has 5 atom stereocenters. The van der Waals surface area contributed by atoms with Crippen LogP contribution in [0.5, 0.6) is 0 Å². The van der Waals surface area contributed by atoms with E-state index in [1.165, 1.54) is 12.3 Å². The lowest BCUT2D eigenvalue weighted by molar-refractivity contribution is -0.0861. The standard InChI is InChI=1S/C21H27FN3O6PS3/c1-20(2,3)35-34-14-7-5-4-6-13(14)9-11-29-32(28)30-12-21(22)17(31-32)16(26)18(33-21)25-10-8-15(23)24-19(25)27/h4-8,10,16-18,26H,9,11-12H2,1-3H3,(H2,23,24,27)/t16?,17?,18-,21-,32?/m1/s1. The van der Waals surface area contributed by atoms with Crippen LogP contribution in [0.15, 0.2) is 46.2 Å². The van der Waals surface area contributed by atoms with Crippen molar-refractivity contribution in [3.63, 3.8) is 0 Å². The summed E-state index contributed by atoms with van der Waals surface area (Å²) in [5.74, 6) is 0.00516. The first kappa shape index (κ1) is 27.0. The van der Waals surface area contributed by atoms with Gasteiger partial charge in [0, 0.05) is 15.8 Å². The summed E-state index contributed by atoms with van der Waals surface area (Å²) in [5.41, 5.74) is 5.76. The van der Waals surface area contributed by atoms with Gasteiger partial charge in [0.2, 0.25) is 5.00 Å². The molecule has 0 amide bonds. The molecule has 2 aromatic rings. The number of benzene rings is 1. The third-order valence-corrected chi connectivity index (χ3v) is 11.5. The number of hydrogen-bond acceptors (Lipinski definition) is 11. The Morgan fingerprint density at radius 3 is 2.86 bits per heavy atom. The van der Waals surface area contributed by atoms with Gasteiger partial charge in [0.15, 0.2) is 0 Å². The number of aromatic nitrogens is 2. The van der Waals surface area contributed by atoms with E-state index in [4.69, 9.17) is 19.3 Å². The monoisotopic (exact) mass is 563 g/mol. The summed E-state index contributed by atoms with van der Waals surface area (Å²) < 4.78 is 45.8. The summed E-state index contributed by atoms with van der Waals surface area (Å²) in [5, 5.41) is 7.46. The zero-order chi connectivity index (χ0) is 25.4. The molecule has 2 saturated heterocycles. The fourth-order valence-corrected chi connectivity index (χ4v) is 8.72. The number of alkyl halides is 1. The van der Waals surface area contributed by atoms with Gasteiger partial charge in [0.05, 0.1) is 6.61 Å². The van der Waals surface area contributed by atoms with E-state index in [0.717, 1.165) is 15.0 Å². The van der Waals surface area contributed by atoms with Crippen molar-refractivity contribution in [1.82, 2.24) is 9.55 Å². The number of nitrogen functional groups attached to an aromatic ring is 1. The lowest BCUT2D eigenvalue weighted by Crippen LogP contribution is -2.46. The van der Waals surface area contributed by atoms with Gasteiger partial charge < -0.3 is 10.8 Å². The summed E-state index contributed by atoms with van der Waals surface area (Å²) in [6, 6.07) is 9.19. The van der Waals surface area contributed by atoms with Crippen molar-refractivity contribution in [3.05, 3.63) is 52.6 Å². The van der Waals surface area contributed by atoms with Crippen molar-refractivity contribution in [2.75, 3.05) is 18.9 Å². The molecule has 2 aliphatic heterocycles. The van der Waals surface area contributed by atoms with E-state index in [-0.39, 0.29) is 17.2 Å². The number of anilines is 1. The van der Waals surface area contributed by atoms with Crippen LogP contribution >= 0.6 is 41.2 Å². The summed E-state index contributed by atoms with van der Waals surface area (Å²) in [7, 11) is -0.753. The van der Waals surface area contributed by atoms with Crippen molar-refractivity contribution >= 4 is 47.0 Å². The van der Waals surface area contributed by atoms with Crippen LogP contribution in [0.4, 0.5) is 10.2 Å². The van der Waals surface area contributed by atoms with Crippen LogP contribution in [0.1, 0.15) is 31.7 Å². The summed E-state index contributed by atoms with van der Waals surface area (Å²) in [6.45, 7) is 5.77. The van der Waals surface area contributed by atoms with Crippen LogP contribution in [-0.4, -0.2) is 49.8 Å². The Bertz CT molecular complexity index is 1180. The number of phosphoric acid groups is 1. The smallest absolute Gasteiger partial charge is 0.387 e. The number of nitrogens with zero attached hydrogens (tertiary/aromatic N) is 2. The van der Waals surface area contributed by atoms with E-state index in [0.29, 0.717) is 18.2 Å². The number of fused-ring (bicyclic) bond motifs is 1. The second-order valence-electron chi connectivity index (χ2n) is 9.04. The maximum absolute atomic E-state index is 15.5. The zero-order valence-electron chi connectivity index (χ0n) is 19.3. The lowest BCUT2D eigenvalue weighted by atomic mass is 10.1. The molecule has 14 heteroatoms. The number of aliphatic hydroxyl groups excluding tert-OH is 1. The van der Waals surface area contributed by atoms with Crippen molar-refractivity contribution in [3.8, 4) is 0 Å². The Labute approximate surface area is 214 Å². The number of phosphoric ester groups is 1. The van der Waals surface area contributed by atoms with E-state index in [2.05, 4.69) is 25.8 Å². The molecule has 192 valence electrons. The van der Waals surface area contributed by atoms with Crippen molar-refractivity contribution in [2.45, 2.75) is 59.4 Å². The van der Waals surface area contributed by atoms with E-state index < -0.39 is 42.7 Å². The van der Waals surface area contributed by atoms with Crippen molar-refractivity contribution in [2.24, 2.45) is 0 Å². The first-order valence-corrected chi connectivity index (χ1v) is 15.3. The van der Waals surface area contributed by atoms with Crippen LogP contribution in [0.25, 0.3) is 0 Å². The fraction of sp³-hybridized carbons (Fsp3) is 0.524. The lowest BCUT2D eigenvalue weighted by Gasteiger charge is -2.35. The first-order valence-electron chi connectivity index (χ1n) is 10.8. The average molecular weight is 564 g/mol. The first-order chi connectivity index (χ1) is 16.4. The third-order valence-electron chi connectivity index (χ3n) is 5.11. The highest BCUT2D eigenvalue weighted by Crippen LogP contribution is 2.64. The Morgan fingerprint density at radius 1 is 1.40 bits per heavy atom. The number of aliphatic hydroxyl groups is 1. The summed E-state index contributed by atoms with van der Waals surface area (Å²) in [4.78, 5) is 16.9. The molecule has 1 aromatic carbocycles. The van der Waals surface area contributed by atoms with E-state index in [1.54, 1.807) is 21.6 Å². The fourth-order valence-electron chi connectivity index (χ4n) is 3.47. The van der Waals surface area contributed by atoms with Gasteiger partial charge in [-0.1, -0.05) is 72.3 Å². The maximum Gasteiger partial charge on any atom is 0.475 e. The highest BCUT2D eigenvalue weighted by atomic mass is 33.1. The topological polar surface area (TPSA) is 126 Å². The van der Waals surface area contributed by atoms with Crippen molar-refractivity contribution < 1.29 is 27.6 Å². The molecule has 0 spiro atoms. The predicted molar refractivity (Wildman–Crippen MR) is 137 cm³/mol. The van der Waals surface area contributed by atoms with E-state index in [9.17, 15) is 14.5 Å². The molecule has 35 heavy (non-hydrogen) atoms. The molecule has 3 unspecified atom stereocenters. The number of nitrogens with two attached hydrogens (primary N) is 1. The van der Waals surface area contributed by atoms with Gasteiger partial charge in [0.1, 0.15) is 30.0 Å². The summed E-state index contributed by atoms with van der Waals surface area (Å²) >= 11 is 0.643. The third kappa shape index (κ3) is 6.27. The summed E-state index contributed by atoms with van der Waals surface area (Å²) in [6.07, 6.45) is -1.27. The minimum absolute atomic E-state index is 0.00516. The SMILES string of the molecule is CC(C)(C)SSc1ccccc1CCOP1(=O)OC[C@@]2(F)S[C@@H](n3ccc(N)nc3=O)C(O)C2O1. The number of hydrogen-bond donors (Lipinski definition) is 2. The average Bonchev–Trinajstić information content (AvgIpc) is 3.03. The highest BCUT2D eigenvalue weighted by Gasteiger charge is 2.63. The molecule has 4 rings (SSSR count). The zero-order valence-corrected chi connectivity index (χ0v) is 22.7. The van der Waals surface area contributed by atoms with Crippen LogP contribution in [0.2, 0.25) is 0 Å². The van der Waals surface area contributed by atoms with Crippen LogP contribution in [0, 0.1) is 0 Å². The Kier molecular flexibility index (Phi) is 8.00. The van der Waals surface area contributed by atoms with Gasteiger partial charge in [-0.15, -0.1) is 0 Å².